The average molecular weight is 375 g/mol. The first-order chi connectivity index (χ1) is 13.2. The Bertz CT molecular complexity index is 1060. The highest BCUT2D eigenvalue weighted by molar-refractivity contribution is 7.14. The van der Waals surface area contributed by atoms with E-state index >= 15 is 0 Å². The van der Waals surface area contributed by atoms with E-state index in [1.807, 2.05) is 29.8 Å². The van der Waals surface area contributed by atoms with Crippen molar-refractivity contribution < 1.29 is 4.79 Å². The summed E-state index contributed by atoms with van der Waals surface area (Å²) in [5.74, 6) is -0.0116. The number of nitrogens with zero attached hydrogens (tertiary/aromatic N) is 1. The van der Waals surface area contributed by atoms with Gasteiger partial charge in [-0.15, -0.1) is 11.3 Å². The lowest BCUT2D eigenvalue weighted by atomic mass is 10.1. The van der Waals surface area contributed by atoms with Crippen LogP contribution in [0, 0.1) is 0 Å². The van der Waals surface area contributed by atoms with Crippen LogP contribution in [0.5, 0.6) is 0 Å². The highest BCUT2D eigenvalue weighted by Crippen LogP contribution is 2.25. The highest BCUT2D eigenvalue weighted by Gasteiger charge is 2.10. The second-order valence-electron chi connectivity index (χ2n) is 6.50. The Morgan fingerprint density at radius 1 is 1.15 bits per heavy atom. The maximum absolute atomic E-state index is 12.3. The number of aromatic nitrogens is 2. The summed E-state index contributed by atoms with van der Waals surface area (Å²) in [6.45, 7) is 2.14. The number of nitrogens with one attached hydrogen (secondary N) is 2. The molecule has 4 aromatic rings. The van der Waals surface area contributed by atoms with Gasteiger partial charge in [0.15, 0.2) is 5.13 Å². The summed E-state index contributed by atoms with van der Waals surface area (Å²) in [5, 5.41) is 6.73. The van der Waals surface area contributed by atoms with E-state index in [2.05, 4.69) is 52.5 Å². The molecule has 1 amide bonds. The monoisotopic (exact) mass is 375 g/mol. The van der Waals surface area contributed by atoms with Gasteiger partial charge in [0.1, 0.15) is 0 Å². The molecule has 4 rings (SSSR count). The molecule has 2 aromatic heterocycles. The van der Waals surface area contributed by atoms with E-state index in [0.717, 1.165) is 28.8 Å². The third-order valence-electron chi connectivity index (χ3n) is 4.70. The summed E-state index contributed by atoms with van der Waals surface area (Å²) in [6.07, 6.45) is 4.14. The minimum Gasteiger partial charge on any atom is -0.361 e. The molecule has 0 unspecified atom stereocenters. The summed E-state index contributed by atoms with van der Waals surface area (Å²) in [6, 6.07) is 16.5. The van der Waals surface area contributed by atoms with Gasteiger partial charge in [0, 0.05) is 34.5 Å². The second-order valence-corrected chi connectivity index (χ2v) is 7.35. The minimum absolute atomic E-state index is 0.0116. The van der Waals surface area contributed by atoms with Crippen LogP contribution in [0.25, 0.3) is 22.2 Å². The molecule has 2 heterocycles. The van der Waals surface area contributed by atoms with Crippen molar-refractivity contribution in [3.63, 3.8) is 0 Å². The number of aromatic amines is 1. The first kappa shape index (κ1) is 17.5. The topological polar surface area (TPSA) is 57.8 Å². The largest absolute Gasteiger partial charge is 0.361 e. The summed E-state index contributed by atoms with van der Waals surface area (Å²) in [7, 11) is 0. The molecule has 5 heteroatoms. The zero-order valence-electron chi connectivity index (χ0n) is 15.2. The summed E-state index contributed by atoms with van der Waals surface area (Å²) >= 11 is 1.46. The molecular formula is C22H21N3OS. The zero-order valence-corrected chi connectivity index (χ0v) is 16.0. The number of anilines is 1. The normalized spacial score (nSPS) is 11.0. The van der Waals surface area contributed by atoms with Crippen molar-refractivity contribution in [3.8, 4) is 11.3 Å². The van der Waals surface area contributed by atoms with Crippen LogP contribution in [-0.2, 0) is 17.6 Å². The quantitative estimate of drug-likeness (QED) is 0.472. The molecule has 2 aromatic carbocycles. The third kappa shape index (κ3) is 3.93. The van der Waals surface area contributed by atoms with Crippen LogP contribution < -0.4 is 5.32 Å². The average Bonchev–Trinajstić information content (AvgIpc) is 3.33. The van der Waals surface area contributed by atoms with Gasteiger partial charge in [-0.1, -0.05) is 49.4 Å². The predicted octanol–water partition coefficient (Wildman–Crippen LogP) is 5.43. The van der Waals surface area contributed by atoms with Gasteiger partial charge in [-0.05, 0) is 30.0 Å². The van der Waals surface area contributed by atoms with Gasteiger partial charge in [-0.3, -0.25) is 4.79 Å². The number of aryl methyl sites for hydroxylation is 2. The van der Waals surface area contributed by atoms with E-state index in [-0.39, 0.29) is 5.91 Å². The van der Waals surface area contributed by atoms with Crippen LogP contribution in [0.15, 0.2) is 60.1 Å². The van der Waals surface area contributed by atoms with Crippen molar-refractivity contribution >= 4 is 33.3 Å². The van der Waals surface area contributed by atoms with Gasteiger partial charge >= 0.3 is 0 Å². The molecule has 136 valence electrons. The first-order valence-electron chi connectivity index (χ1n) is 9.12. The van der Waals surface area contributed by atoms with Crippen molar-refractivity contribution in [2.45, 2.75) is 26.2 Å². The number of H-pyrrole nitrogens is 1. The van der Waals surface area contributed by atoms with Crippen LogP contribution in [0.4, 0.5) is 5.13 Å². The van der Waals surface area contributed by atoms with E-state index in [9.17, 15) is 4.79 Å². The number of amides is 1. The molecular weight excluding hydrogens is 354 g/mol. The smallest absolute Gasteiger partial charge is 0.226 e. The first-order valence-corrected chi connectivity index (χ1v) is 10.0. The number of hydrogen-bond acceptors (Lipinski definition) is 3. The number of benzene rings is 2. The summed E-state index contributed by atoms with van der Waals surface area (Å²) in [5.41, 5.74) is 5.54. The van der Waals surface area contributed by atoms with Crippen molar-refractivity contribution in [2.24, 2.45) is 0 Å². The van der Waals surface area contributed by atoms with Crippen LogP contribution >= 0.6 is 11.3 Å². The van der Waals surface area contributed by atoms with E-state index < -0.39 is 0 Å². The number of fused-ring (bicyclic) bond motifs is 1. The number of para-hydroxylation sites is 1. The Balaban J connectivity index is 1.37. The molecule has 0 saturated carbocycles. The zero-order chi connectivity index (χ0) is 18.6. The van der Waals surface area contributed by atoms with Gasteiger partial charge in [0.25, 0.3) is 0 Å². The molecule has 0 atom stereocenters. The molecule has 0 aliphatic rings. The predicted molar refractivity (Wildman–Crippen MR) is 112 cm³/mol. The van der Waals surface area contributed by atoms with Crippen molar-refractivity contribution in [3.05, 3.63) is 71.2 Å². The minimum atomic E-state index is -0.0116. The fraction of sp³-hybridized carbons (Fsp3) is 0.182. The lowest BCUT2D eigenvalue weighted by Crippen LogP contribution is -2.12. The van der Waals surface area contributed by atoms with E-state index in [1.165, 1.54) is 22.3 Å². The van der Waals surface area contributed by atoms with Gasteiger partial charge in [-0.25, -0.2) is 4.98 Å². The summed E-state index contributed by atoms with van der Waals surface area (Å²) in [4.78, 5) is 20.1. The Hall–Kier alpha value is -2.92. The Morgan fingerprint density at radius 3 is 2.78 bits per heavy atom. The molecule has 27 heavy (non-hydrogen) atoms. The number of rotatable bonds is 6. The van der Waals surface area contributed by atoms with Crippen molar-refractivity contribution in [1.29, 1.82) is 0 Å². The van der Waals surface area contributed by atoms with Gasteiger partial charge in [-0.2, -0.15) is 0 Å². The maximum atomic E-state index is 12.3. The number of hydrogen-bond donors (Lipinski definition) is 2. The fourth-order valence-electron chi connectivity index (χ4n) is 3.14. The van der Waals surface area contributed by atoms with E-state index in [0.29, 0.717) is 18.0 Å². The lowest BCUT2D eigenvalue weighted by molar-refractivity contribution is -0.116. The Labute approximate surface area is 162 Å². The molecule has 0 radical (unpaired) electrons. The molecule has 0 aliphatic heterocycles. The number of carbonyl (C=O) groups excluding carboxylic acids is 1. The highest BCUT2D eigenvalue weighted by atomic mass is 32.1. The fourth-order valence-corrected chi connectivity index (χ4v) is 3.88. The third-order valence-corrected chi connectivity index (χ3v) is 5.46. The van der Waals surface area contributed by atoms with Crippen molar-refractivity contribution in [2.75, 3.05) is 5.32 Å². The summed E-state index contributed by atoms with van der Waals surface area (Å²) < 4.78 is 0. The second kappa shape index (κ2) is 7.76. The van der Waals surface area contributed by atoms with Gasteiger partial charge in [0.05, 0.1) is 5.69 Å². The van der Waals surface area contributed by atoms with Crippen LogP contribution in [-0.4, -0.2) is 15.9 Å². The maximum Gasteiger partial charge on any atom is 0.226 e. The SMILES string of the molecule is CCc1ccc(-c2csc(NC(=O)CCc3c[nH]c4ccccc34)n2)cc1. The van der Waals surface area contributed by atoms with Gasteiger partial charge in [0.2, 0.25) is 5.91 Å². The number of carbonyl (C=O) groups is 1. The molecule has 0 bridgehead atoms. The van der Waals surface area contributed by atoms with Crippen LogP contribution in [0.2, 0.25) is 0 Å². The van der Waals surface area contributed by atoms with Gasteiger partial charge < -0.3 is 10.3 Å². The molecule has 0 spiro atoms. The number of thiazole rings is 1. The van der Waals surface area contributed by atoms with Crippen LogP contribution in [0.1, 0.15) is 24.5 Å². The van der Waals surface area contributed by atoms with Crippen molar-refractivity contribution in [1.82, 2.24) is 9.97 Å². The molecule has 2 N–H and O–H groups in total. The Kier molecular flexibility index (Phi) is 5.03. The molecule has 0 fully saturated rings. The molecule has 0 aliphatic carbocycles. The lowest BCUT2D eigenvalue weighted by Gasteiger charge is -2.02. The van der Waals surface area contributed by atoms with Crippen LogP contribution in [0.3, 0.4) is 0 Å². The Morgan fingerprint density at radius 2 is 1.96 bits per heavy atom. The van der Waals surface area contributed by atoms with E-state index in [4.69, 9.17) is 0 Å². The molecule has 0 saturated heterocycles. The molecule has 4 nitrogen and oxygen atoms in total. The van der Waals surface area contributed by atoms with E-state index in [1.54, 1.807) is 0 Å². The standard InChI is InChI=1S/C22H21N3OS/c1-2-15-7-9-16(10-8-15)20-14-27-22(24-20)25-21(26)12-11-17-13-23-19-6-4-3-5-18(17)19/h3-10,13-14,23H,2,11-12H2,1H3,(H,24,25,26).